The summed E-state index contributed by atoms with van der Waals surface area (Å²) in [6.45, 7) is 0. The Balaban J connectivity index is 2.40. The molecule has 1 aromatic heterocycles. The molecule has 1 atom stereocenters. The van der Waals surface area contributed by atoms with Gasteiger partial charge in [0.05, 0.1) is 6.26 Å². The third-order valence-electron chi connectivity index (χ3n) is 2.64. The highest BCUT2D eigenvalue weighted by Crippen LogP contribution is 2.37. The number of aryl methyl sites for hydroxylation is 1. The van der Waals surface area contributed by atoms with Crippen LogP contribution >= 0.6 is 0 Å². The van der Waals surface area contributed by atoms with Crippen molar-refractivity contribution in [2.75, 3.05) is 0 Å². The summed E-state index contributed by atoms with van der Waals surface area (Å²) in [7, 11) is 0. The predicted molar refractivity (Wildman–Crippen MR) is 49.0 cm³/mol. The van der Waals surface area contributed by atoms with E-state index in [1.54, 1.807) is 6.26 Å². The Labute approximate surface area is 77.6 Å². The maximum Gasteiger partial charge on any atom is 0.109 e. The molecule has 1 heterocycles. The zero-order chi connectivity index (χ0) is 9.31. The van der Waals surface area contributed by atoms with Crippen LogP contribution in [-0.4, -0.2) is 5.11 Å². The number of rotatable bonds is 1. The van der Waals surface area contributed by atoms with E-state index in [2.05, 4.69) is 5.92 Å². The van der Waals surface area contributed by atoms with Gasteiger partial charge in [-0.2, -0.15) is 0 Å². The third kappa shape index (κ3) is 1.26. The standard InChI is InChI=1S/C11H12O2/c1-2-6-11(12)7-3-4-10-9(11)5-8-13-10/h1,5,8,12H,3-4,6-7H2. The lowest BCUT2D eigenvalue weighted by atomic mass is 9.81. The molecule has 1 unspecified atom stereocenters. The van der Waals surface area contributed by atoms with Crippen molar-refractivity contribution in [2.45, 2.75) is 31.3 Å². The van der Waals surface area contributed by atoms with E-state index in [0.717, 1.165) is 30.6 Å². The second-order valence-electron chi connectivity index (χ2n) is 3.52. The van der Waals surface area contributed by atoms with Gasteiger partial charge in [0, 0.05) is 18.4 Å². The summed E-state index contributed by atoms with van der Waals surface area (Å²) >= 11 is 0. The fourth-order valence-corrected chi connectivity index (χ4v) is 1.98. The van der Waals surface area contributed by atoms with E-state index in [1.165, 1.54) is 0 Å². The lowest BCUT2D eigenvalue weighted by molar-refractivity contribution is 0.0217. The van der Waals surface area contributed by atoms with Gasteiger partial charge in [-0.05, 0) is 18.9 Å². The summed E-state index contributed by atoms with van der Waals surface area (Å²) in [6, 6.07) is 1.83. The fraction of sp³-hybridized carbons (Fsp3) is 0.455. The smallest absolute Gasteiger partial charge is 0.109 e. The number of fused-ring (bicyclic) bond motifs is 1. The molecule has 68 valence electrons. The van der Waals surface area contributed by atoms with Crippen molar-refractivity contribution in [1.29, 1.82) is 0 Å². The molecular formula is C11H12O2. The lowest BCUT2D eigenvalue weighted by Gasteiger charge is -2.29. The molecule has 1 aromatic rings. The maximum absolute atomic E-state index is 10.2. The van der Waals surface area contributed by atoms with Crippen LogP contribution < -0.4 is 0 Å². The summed E-state index contributed by atoms with van der Waals surface area (Å²) in [5.41, 5.74) is 0.0479. The van der Waals surface area contributed by atoms with Crippen molar-refractivity contribution in [3.8, 4) is 12.3 Å². The summed E-state index contributed by atoms with van der Waals surface area (Å²) < 4.78 is 5.27. The first-order chi connectivity index (χ1) is 6.26. The van der Waals surface area contributed by atoms with Gasteiger partial charge in [0.2, 0.25) is 0 Å². The number of aliphatic hydroxyl groups is 1. The van der Waals surface area contributed by atoms with Gasteiger partial charge >= 0.3 is 0 Å². The van der Waals surface area contributed by atoms with Crippen LogP contribution in [0.15, 0.2) is 16.7 Å². The highest BCUT2D eigenvalue weighted by atomic mass is 16.3. The Hall–Kier alpha value is -1.20. The number of hydrogen-bond donors (Lipinski definition) is 1. The van der Waals surface area contributed by atoms with Crippen molar-refractivity contribution in [1.82, 2.24) is 0 Å². The normalized spacial score (nSPS) is 26.5. The van der Waals surface area contributed by atoms with E-state index >= 15 is 0 Å². The lowest BCUT2D eigenvalue weighted by Crippen LogP contribution is -2.29. The van der Waals surface area contributed by atoms with Gasteiger partial charge in [-0.3, -0.25) is 0 Å². The van der Waals surface area contributed by atoms with E-state index in [0.29, 0.717) is 6.42 Å². The Bertz CT molecular complexity index is 345. The van der Waals surface area contributed by atoms with E-state index in [4.69, 9.17) is 10.8 Å². The minimum absolute atomic E-state index is 0.375. The molecule has 13 heavy (non-hydrogen) atoms. The molecule has 2 nitrogen and oxygen atoms in total. The summed E-state index contributed by atoms with van der Waals surface area (Å²) in [5, 5.41) is 10.2. The van der Waals surface area contributed by atoms with E-state index in [9.17, 15) is 5.11 Å². The Morgan fingerprint density at radius 3 is 3.31 bits per heavy atom. The highest BCUT2D eigenvalue weighted by molar-refractivity contribution is 5.28. The monoisotopic (exact) mass is 176 g/mol. The van der Waals surface area contributed by atoms with Gasteiger partial charge in [-0.25, -0.2) is 0 Å². The number of furan rings is 1. The first kappa shape index (κ1) is 8.40. The van der Waals surface area contributed by atoms with Gasteiger partial charge in [0.25, 0.3) is 0 Å². The molecule has 0 bridgehead atoms. The average molecular weight is 176 g/mol. The summed E-state index contributed by atoms with van der Waals surface area (Å²) in [6.07, 6.45) is 9.82. The van der Waals surface area contributed by atoms with Crippen LogP contribution in [0, 0.1) is 12.3 Å². The van der Waals surface area contributed by atoms with Crippen LogP contribution in [0.5, 0.6) is 0 Å². The molecular weight excluding hydrogens is 164 g/mol. The highest BCUT2D eigenvalue weighted by Gasteiger charge is 2.35. The molecule has 1 aliphatic rings. The summed E-state index contributed by atoms with van der Waals surface area (Å²) in [5.74, 6) is 3.41. The molecule has 0 spiro atoms. The first-order valence-electron chi connectivity index (χ1n) is 4.49. The van der Waals surface area contributed by atoms with Gasteiger partial charge < -0.3 is 9.52 Å². The van der Waals surface area contributed by atoms with Gasteiger partial charge in [0.15, 0.2) is 0 Å². The zero-order valence-electron chi connectivity index (χ0n) is 7.42. The van der Waals surface area contributed by atoms with Crippen molar-refractivity contribution >= 4 is 0 Å². The predicted octanol–water partition coefficient (Wildman–Crippen LogP) is 1.83. The minimum Gasteiger partial charge on any atom is -0.469 e. The molecule has 2 rings (SSSR count). The maximum atomic E-state index is 10.2. The van der Waals surface area contributed by atoms with Crippen molar-refractivity contribution < 1.29 is 9.52 Å². The SMILES string of the molecule is C#CCC1(O)CCCc2occc21. The van der Waals surface area contributed by atoms with E-state index < -0.39 is 5.60 Å². The van der Waals surface area contributed by atoms with Crippen molar-refractivity contribution in [2.24, 2.45) is 0 Å². The molecule has 0 aliphatic heterocycles. The number of terminal acetylenes is 1. The largest absolute Gasteiger partial charge is 0.469 e. The molecule has 1 aliphatic carbocycles. The molecule has 0 amide bonds. The zero-order valence-corrected chi connectivity index (χ0v) is 7.42. The molecule has 0 aromatic carbocycles. The van der Waals surface area contributed by atoms with E-state index in [1.807, 2.05) is 6.07 Å². The minimum atomic E-state index is -0.838. The fourth-order valence-electron chi connectivity index (χ4n) is 1.98. The number of hydrogen-bond acceptors (Lipinski definition) is 2. The Morgan fingerprint density at radius 2 is 2.54 bits per heavy atom. The second kappa shape index (κ2) is 2.93. The van der Waals surface area contributed by atoms with Crippen LogP contribution in [0.4, 0.5) is 0 Å². The Morgan fingerprint density at radius 1 is 1.69 bits per heavy atom. The molecule has 0 saturated carbocycles. The molecule has 0 saturated heterocycles. The van der Waals surface area contributed by atoms with Crippen LogP contribution in [0.3, 0.4) is 0 Å². The molecule has 0 fully saturated rings. The van der Waals surface area contributed by atoms with Gasteiger partial charge in [-0.15, -0.1) is 12.3 Å². The average Bonchev–Trinajstić information content (AvgIpc) is 2.54. The quantitative estimate of drug-likeness (QED) is 0.662. The van der Waals surface area contributed by atoms with Crippen LogP contribution in [-0.2, 0) is 12.0 Å². The molecule has 0 radical (unpaired) electrons. The first-order valence-corrected chi connectivity index (χ1v) is 4.49. The van der Waals surface area contributed by atoms with Crippen molar-refractivity contribution in [3.05, 3.63) is 23.7 Å². The van der Waals surface area contributed by atoms with Crippen LogP contribution in [0.2, 0.25) is 0 Å². The second-order valence-corrected chi connectivity index (χ2v) is 3.52. The topological polar surface area (TPSA) is 33.4 Å². The van der Waals surface area contributed by atoms with Crippen LogP contribution in [0.1, 0.15) is 30.6 Å². The van der Waals surface area contributed by atoms with Crippen molar-refractivity contribution in [3.63, 3.8) is 0 Å². The van der Waals surface area contributed by atoms with E-state index in [-0.39, 0.29) is 0 Å². The third-order valence-corrected chi connectivity index (χ3v) is 2.64. The molecule has 2 heteroatoms. The van der Waals surface area contributed by atoms with Gasteiger partial charge in [0.1, 0.15) is 11.4 Å². The van der Waals surface area contributed by atoms with Crippen LogP contribution in [0.25, 0.3) is 0 Å². The summed E-state index contributed by atoms with van der Waals surface area (Å²) in [4.78, 5) is 0. The Kier molecular flexibility index (Phi) is 1.90. The molecule has 1 N–H and O–H groups in total. The van der Waals surface area contributed by atoms with Gasteiger partial charge in [-0.1, -0.05) is 0 Å².